The van der Waals surface area contributed by atoms with Gasteiger partial charge in [-0.3, -0.25) is 0 Å². The maximum atomic E-state index is 8.22. The molecule has 0 radical (unpaired) electrons. The van der Waals surface area contributed by atoms with E-state index in [2.05, 4.69) is 124 Å². The van der Waals surface area contributed by atoms with Gasteiger partial charge in [0.1, 0.15) is 0 Å². The van der Waals surface area contributed by atoms with Gasteiger partial charge in [-0.25, -0.2) is 0 Å². The van der Waals surface area contributed by atoms with E-state index in [0.29, 0.717) is 0 Å². The summed E-state index contributed by atoms with van der Waals surface area (Å²) >= 11 is 8.22. The molecule has 0 atom stereocenters. The molecule has 0 heterocycles. The Morgan fingerprint density at radius 3 is 1.23 bits per heavy atom. The summed E-state index contributed by atoms with van der Waals surface area (Å²) in [6.07, 6.45) is 0.795. The number of halogens is 1. The molecule has 4 rings (SSSR count). The Balaban J connectivity index is 2.12. The van der Waals surface area contributed by atoms with Crippen LogP contribution in [-0.2, 0) is 6.16 Å². The van der Waals surface area contributed by atoms with Crippen LogP contribution in [0.1, 0.15) is 22.3 Å². The molecular formula is C28H28ClP. The molecule has 0 aliphatic heterocycles. The first-order valence-corrected chi connectivity index (χ1v) is 13.7. The molecule has 30 heavy (non-hydrogen) atoms. The quantitative estimate of drug-likeness (QED) is 0.305. The van der Waals surface area contributed by atoms with Crippen molar-refractivity contribution in [3.8, 4) is 0 Å². The zero-order valence-electron chi connectivity index (χ0n) is 17.8. The molecule has 0 fully saturated rings. The van der Waals surface area contributed by atoms with Crippen molar-refractivity contribution in [3.63, 3.8) is 0 Å². The Labute approximate surface area is 185 Å². The Morgan fingerprint density at radius 2 is 0.900 bits per heavy atom. The van der Waals surface area contributed by atoms with Gasteiger partial charge >= 0.3 is 185 Å². The third kappa shape index (κ3) is 3.39. The van der Waals surface area contributed by atoms with Crippen molar-refractivity contribution in [3.05, 3.63) is 125 Å². The van der Waals surface area contributed by atoms with Gasteiger partial charge in [0.05, 0.1) is 0 Å². The molecule has 0 spiro atoms. The van der Waals surface area contributed by atoms with Gasteiger partial charge in [-0.1, -0.05) is 0 Å². The van der Waals surface area contributed by atoms with E-state index in [9.17, 15) is 0 Å². The summed E-state index contributed by atoms with van der Waals surface area (Å²) in [5.41, 5.74) is 5.27. The first-order valence-electron chi connectivity index (χ1n) is 10.4. The van der Waals surface area contributed by atoms with Crippen molar-refractivity contribution < 1.29 is 0 Å². The molecule has 152 valence electrons. The van der Waals surface area contributed by atoms with Crippen molar-refractivity contribution in [1.82, 2.24) is 0 Å². The van der Waals surface area contributed by atoms with Crippen LogP contribution in [0, 0.1) is 20.8 Å². The van der Waals surface area contributed by atoms with Crippen LogP contribution in [0.5, 0.6) is 0 Å². The van der Waals surface area contributed by atoms with E-state index < -0.39 is 5.96 Å². The molecule has 0 saturated carbocycles. The van der Waals surface area contributed by atoms with Gasteiger partial charge in [-0.15, -0.1) is 0 Å². The summed E-state index contributed by atoms with van der Waals surface area (Å²) in [4.78, 5) is 0. The molecule has 0 unspecified atom stereocenters. The molecule has 0 aromatic heterocycles. The summed E-state index contributed by atoms with van der Waals surface area (Å²) in [5.74, 6) is -3.29. The molecule has 0 N–H and O–H groups in total. The second-order valence-electron chi connectivity index (χ2n) is 8.22. The molecule has 4 aromatic carbocycles. The summed E-state index contributed by atoms with van der Waals surface area (Å²) in [6.45, 7) is 6.60. The predicted molar refractivity (Wildman–Crippen MR) is 135 cm³/mol. The second kappa shape index (κ2) is 8.03. The van der Waals surface area contributed by atoms with Gasteiger partial charge in [0, 0.05) is 0 Å². The normalized spacial score (nSPS) is 12.9. The van der Waals surface area contributed by atoms with Gasteiger partial charge in [-0.05, 0) is 0 Å². The minimum absolute atomic E-state index is 0.795. The number of benzene rings is 4. The third-order valence-corrected chi connectivity index (χ3v) is 13.3. The monoisotopic (exact) mass is 430 g/mol. The van der Waals surface area contributed by atoms with E-state index in [-0.39, 0.29) is 0 Å². The van der Waals surface area contributed by atoms with Crippen LogP contribution >= 0.6 is 17.2 Å². The average molecular weight is 431 g/mol. The second-order valence-corrected chi connectivity index (χ2v) is 14.7. The van der Waals surface area contributed by atoms with Crippen molar-refractivity contribution >= 4 is 33.1 Å². The van der Waals surface area contributed by atoms with Crippen LogP contribution in [0.15, 0.2) is 103 Å². The first-order chi connectivity index (χ1) is 14.4. The SMILES string of the molecule is Cc1cc(C)c(CP(Cl)(c2ccccc2)(c2ccccc2)c2ccccc2)c(C)c1. The predicted octanol–water partition coefficient (Wildman–Crippen LogP) is 6.80. The van der Waals surface area contributed by atoms with E-state index >= 15 is 0 Å². The molecule has 0 saturated heterocycles. The zero-order chi connectivity index (χ0) is 21.2. The van der Waals surface area contributed by atoms with E-state index in [0.717, 1.165) is 6.16 Å². The van der Waals surface area contributed by atoms with Crippen molar-refractivity contribution in [1.29, 1.82) is 0 Å². The minimum atomic E-state index is -3.29. The van der Waals surface area contributed by atoms with Gasteiger partial charge in [0.15, 0.2) is 0 Å². The number of rotatable bonds is 5. The van der Waals surface area contributed by atoms with Crippen LogP contribution < -0.4 is 15.9 Å². The van der Waals surface area contributed by atoms with Crippen LogP contribution in [0.2, 0.25) is 0 Å². The Hall–Kier alpha value is -2.40. The fourth-order valence-corrected chi connectivity index (χ4v) is 11.0. The van der Waals surface area contributed by atoms with Gasteiger partial charge < -0.3 is 0 Å². The Bertz CT molecular complexity index is 1030. The number of aryl methyl sites for hydroxylation is 3. The van der Waals surface area contributed by atoms with Gasteiger partial charge in [0.2, 0.25) is 0 Å². The number of hydrogen-bond donors (Lipinski definition) is 0. The zero-order valence-corrected chi connectivity index (χ0v) is 19.5. The van der Waals surface area contributed by atoms with E-state index in [1.807, 2.05) is 0 Å². The van der Waals surface area contributed by atoms with Gasteiger partial charge in [-0.2, -0.15) is 0 Å². The van der Waals surface area contributed by atoms with E-state index in [4.69, 9.17) is 11.2 Å². The summed E-state index contributed by atoms with van der Waals surface area (Å²) < 4.78 is 0. The Kier molecular flexibility index (Phi) is 5.58. The molecule has 0 aliphatic carbocycles. The summed E-state index contributed by atoms with van der Waals surface area (Å²) in [7, 11) is 0. The van der Waals surface area contributed by atoms with Crippen LogP contribution in [-0.4, -0.2) is 0 Å². The van der Waals surface area contributed by atoms with Crippen LogP contribution in [0.25, 0.3) is 0 Å². The van der Waals surface area contributed by atoms with Crippen LogP contribution in [0.3, 0.4) is 0 Å². The van der Waals surface area contributed by atoms with Gasteiger partial charge in [0.25, 0.3) is 0 Å². The molecule has 4 aromatic rings. The van der Waals surface area contributed by atoms with E-state index in [1.165, 1.54) is 38.2 Å². The topological polar surface area (TPSA) is 0 Å². The Morgan fingerprint density at radius 1 is 0.567 bits per heavy atom. The molecular weight excluding hydrogens is 403 g/mol. The van der Waals surface area contributed by atoms with Crippen molar-refractivity contribution in [2.45, 2.75) is 26.9 Å². The molecule has 2 heteroatoms. The average Bonchev–Trinajstić information content (AvgIpc) is 2.78. The standard InChI is InChI=1S/C28H28ClP/c1-22-19-23(2)28(24(3)20-22)21-30(29,25-13-7-4-8-14-25,26-15-9-5-10-16-26)27-17-11-6-12-18-27/h4-20H,21H2,1-3H3. The van der Waals surface area contributed by atoms with Crippen molar-refractivity contribution in [2.24, 2.45) is 0 Å². The van der Waals surface area contributed by atoms with E-state index in [1.54, 1.807) is 0 Å². The van der Waals surface area contributed by atoms with Crippen LogP contribution in [0.4, 0.5) is 0 Å². The maximum absolute atomic E-state index is 8.22. The third-order valence-electron chi connectivity index (χ3n) is 6.18. The summed E-state index contributed by atoms with van der Waals surface area (Å²) in [5, 5.41) is 3.63. The first kappa shape index (κ1) is 20.9. The molecule has 0 amide bonds. The fourth-order valence-electron chi connectivity index (χ4n) is 4.69. The van der Waals surface area contributed by atoms with Crippen molar-refractivity contribution in [2.75, 3.05) is 0 Å². The molecule has 0 bridgehead atoms. The molecule has 0 aliphatic rings. The number of hydrogen-bond acceptors (Lipinski definition) is 0. The fraction of sp³-hybridized carbons (Fsp3) is 0.143. The summed E-state index contributed by atoms with van der Waals surface area (Å²) in [6, 6.07) is 36.7. The molecule has 0 nitrogen and oxygen atoms in total.